The maximum atomic E-state index is 10.7. The Balaban J connectivity index is 1.72. The number of benzene rings is 1. The summed E-state index contributed by atoms with van der Waals surface area (Å²) in [5, 5.41) is 17.1. The standard InChI is InChI=1S/C22H31N3O4/c1-6-23-21(25-13-22(4,26)20-8-7-14(2)29-20)24-12-17-11-19-16(9-15(3)28-19)10-18(17)27-5/h7-8,10-11,15,26H,6,9,12-13H2,1-5H3,(H2,23,24,25). The summed E-state index contributed by atoms with van der Waals surface area (Å²) >= 11 is 0. The van der Waals surface area contributed by atoms with Crippen LogP contribution in [0.4, 0.5) is 0 Å². The predicted octanol–water partition coefficient (Wildman–Crippen LogP) is 2.88. The molecule has 3 rings (SSSR count). The molecule has 29 heavy (non-hydrogen) atoms. The number of aliphatic hydroxyl groups is 1. The summed E-state index contributed by atoms with van der Waals surface area (Å²) < 4.78 is 17.0. The fourth-order valence-corrected chi connectivity index (χ4v) is 3.37. The Hall–Kier alpha value is -2.67. The second-order valence-corrected chi connectivity index (χ2v) is 7.64. The minimum Gasteiger partial charge on any atom is -0.496 e. The van der Waals surface area contributed by atoms with Gasteiger partial charge in [0.2, 0.25) is 0 Å². The van der Waals surface area contributed by atoms with E-state index >= 15 is 0 Å². The number of aliphatic imine (C=N–C) groups is 1. The molecule has 0 radical (unpaired) electrons. The zero-order valence-corrected chi connectivity index (χ0v) is 17.8. The number of nitrogens with zero attached hydrogens (tertiary/aromatic N) is 1. The van der Waals surface area contributed by atoms with Gasteiger partial charge in [0, 0.05) is 24.1 Å². The van der Waals surface area contributed by atoms with Crippen molar-refractivity contribution >= 4 is 5.96 Å². The first-order chi connectivity index (χ1) is 13.8. The Kier molecular flexibility index (Phi) is 6.37. The number of methoxy groups -OCH3 is 1. The van der Waals surface area contributed by atoms with Gasteiger partial charge in [-0.15, -0.1) is 0 Å². The molecule has 0 saturated heterocycles. The molecule has 0 spiro atoms. The van der Waals surface area contributed by atoms with Crippen LogP contribution in [-0.2, 0) is 18.6 Å². The summed E-state index contributed by atoms with van der Waals surface area (Å²) in [6.45, 7) is 9.01. The lowest BCUT2D eigenvalue weighted by Crippen LogP contribution is -2.44. The Bertz CT molecular complexity index is 873. The first kappa shape index (κ1) is 21.0. The van der Waals surface area contributed by atoms with Gasteiger partial charge in [0.05, 0.1) is 20.2 Å². The van der Waals surface area contributed by atoms with E-state index in [-0.39, 0.29) is 12.6 Å². The zero-order valence-electron chi connectivity index (χ0n) is 17.8. The van der Waals surface area contributed by atoms with E-state index in [1.807, 2.05) is 32.0 Å². The molecule has 1 aliphatic rings. The number of aryl methyl sites for hydroxylation is 1. The summed E-state index contributed by atoms with van der Waals surface area (Å²) in [5.74, 6) is 3.59. The number of nitrogens with one attached hydrogen (secondary N) is 2. The highest BCUT2D eigenvalue weighted by Gasteiger charge is 2.27. The largest absolute Gasteiger partial charge is 0.496 e. The molecule has 2 atom stereocenters. The SMILES string of the molecule is CCNC(=NCc1cc2c(cc1OC)CC(C)O2)NCC(C)(O)c1ccc(C)o1. The van der Waals surface area contributed by atoms with Gasteiger partial charge in [0.1, 0.15) is 34.7 Å². The van der Waals surface area contributed by atoms with Crippen LogP contribution in [0.3, 0.4) is 0 Å². The van der Waals surface area contributed by atoms with Crippen LogP contribution < -0.4 is 20.1 Å². The van der Waals surface area contributed by atoms with Crippen molar-refractivity contribution in [2.75, 3.05) is 20.2 Å². The molecule has 2 unspecified atom stereocenters. The van der Waals surface area contributed by atoms with Gasteiger partial charge < -0.3 is 29.6 Å². The van der Waals surface area contributed by atoms with E-state index in [1.54, 1.807) is 20.1 Å². The van der Waals surface area contributed by atoms with Gasteiger partial charge in [0.15, 0.2) is 5.96 Å². The quantitative estimate of drug-likeness (QED) is 0.488. The van der Waals surface area contributed by atoms with Crippen LogP contribution >= 0.6 is 0 Å². The second kappa shape index (κ2) is 8.78. The first-order valence-electron chi connectivity index (χ1n) is 10.00. The van der Waals surface area contributed by atoms with E-state index in [0.717, 1.165) is 34.8 Å². The van der Waals surface area contributed by atoms with Crippen LogP contribution in [0.1, 0.15) is 43.4 Å². The van der Waals surface area contributed by atoms with Crippen molar-refractivity contribution in [1.82, 2.24) is 10.6 Å². The van der Waals surface area contributed by atoms with E-state index in [4.69, 9.17) is 13.9 Å². The molecule has 0 aliphatic carbocycles. The van der Waals surface area contributed by atoms with Crippen LogP contribution in [0.15, 0.2) is 33.7 Å². The summed E-state index contributed by atoms with van der Waals surface area (Å²) in [4.78, 5) is 4.66. The fraction of sp³-hybridized carbons (Fsp3) is 0.500. The third-order valence-corrected chi connectivity index (χ3v) is 4.92. The van der Waals surface area contributed by atoms with Gasteiger partial charge in [-0.3, -0.25) is 0 Å². The third-order valence-electron chi connectivity index (χ3n) is 4.92. The molecule has 2 heterocycles. The van der Waals surface area contributed by atoms with Gasteiger partial charge in [-0.1, -0.05) is 0 Å². The highest BCUT2D eigenvalue weighted by Crippen LogP contribution is 2.35. The molecule has 158 valence electrons. The smallest absolute Gasteiger partial charge is 0.191 e. The lowest BCUT2D eigenvalue weighted by Gasteiger charge is -2.23. The lowest BCUT2D eigenvalue weighted by molar-refractivity contribution is 0.0378. The summed E-state index contributed by atoms with van der Waals surface area (Å²) in [6.07, 6.45) is 1.07. The summed E-state index contributed by atoms with van der Waals surface area (Å²) in [6, 6.07) is 7.67. The van der Waals surface area contributed by atoms with Crippen molar-refractivity contribution in [3.63, 3.8) is 0 Å². The van der Waals surface area contributed by atoms with Crippen LogP contribution in [0.2, 0.25) is 0 Å². The Morgan fingerprint density at radius 1 is 1.34 bits per heavy atom. The van der Waals surface area contributed by atoms with Crippen LogP contribution in [0.25, 0.3) is 0 Å². The highest BCUT2D eigenvalue weighted by atomic mass is 16.5. The van der Waals surface area contributed by atoms with Gasteiger partial charge in [0.25, 0.3) is 0 Å². The van der Waals surface area contributed by atoms with Crippen LogP contribution in [-0.4, -0.2) is 37.4 Å². The predicted molar refractivity (Wildman–Crippen MR) is 113 cm³/mol. The number of hydrogen-bond acceptors (Lipinski definition) is 5. The van der Waals surface area contributed by atoms with E-state index in [9.17, 15) is 5.11 Å². The van der Waals surface area contributed by atoms with Crippen molar-refractivity contribution in [1.29, 1.82) is 0 Å². The molecule has 1 aromatic carbocycles. The fourth-order valence-electron chi connectivity index (χ4n) is 3.37. The minimum absolute atomic E-state index is 0.180. The number of furan rings is 1. The van der Waals surface area contributed by atoms with Crippen molar-refractivity contribution in [3.05, 3.63) is 46.9 Å². The van der Waals surface area contributed by atoms with Gasteiger partial charge in [-0.25, -0.2) is 4.99 Å². The average molecular weight is 402 g/mol. The molecule has 3 N–H and O–H groups in total. The molecule has 2 aromatic rings. The molecular formula is C22H31N3O4. The van der Waals surface area contributed by atoms with E-state index in [2.05, 4.69) is 22.5 Å². The van der Waals surface area contributed by atoms with Crippen molar-refractivity contribution in [3.8, 4) is 11.5 Å². The van der Waals surface area contributed by atoms with E-state index < -0.39 is 5.60 Å². The van der Waals surface area contributed by atoms with Gasteiger partial charge >= 0.3 is 0 Å². The Morgan fingerprint density at radius 3 is 2.79 bits per heavy atom. The maximum Gasteiger partial charge on any atom is 0.191 e. The number of guanidine groups is 1. The van der Waals surface area contributed by atoms with Crippen molar-refractivity contribution < 1.29 is 19.0 Å². The molecular weight excluding hydrogens is 370 g/mol. The Morgan fingerprint density at radius 2 is 2.14 bits per heavy atom. The average Bonchev–Trinajstić information content (AvgIpc) is 3.27. The molecule has 1 aromatic heterocycles. The number of fused-ring (bicyclic) bond motifs is 1. The van der Waals surface area contributed by atoms with E-state index in [1.165, 1.54) is 0 Å². The summed E-state index contributed by atoms with van der Waals surface area (Å²) in [5.41, 5.74) is 0.961. The molecule has 1 aliphatic heterocycles. The van der Waals surface area contributed by atoms with Gasteiger partial charge in [-0.2, -0.15) is 0 Å². The molecule has 0 saturated carbocycles. The maximum absolute atomic E-state index is 10.7. The minimum atomic E-state index is -1.15. The second-order valence-electron chi connectivity index (χ2n) is 7.64. The third kappa shape index (κ3) is 5.03. The van der Waals surface area contributed by atoms with Crippen LogP contribution in [0, 0.1) is 6.92 Å². The molecule has 0 amide bonds. The topological polar surface area (TPSA) is 88.3 Å². The first-order valence-corrected chi connectivity index (χ1v) is 10.00. The number of rotatable bonds is 7. The van der Waals surface area contributed by atoms with Crippen molar-refractivity contribution in [2.24, 2.45) is 4.99 Å². The number of ether oxygens (including phenoxy) is 2. The normalized spacial score (nSPS) is 18.0. The van der Waals surface area contributed by atoms with E-state index in [0.29, 0.717) is 24.8 Å². The molecule has 7 nitrogen and oxygen atoms in total. The molecule has 0 fully saturated rings. The molecule has 7 heteroatoms. The zero-order chi connectivity index (χ0) is 21.0. The van der Waals surface area contributed by atoms with Crippen molar-refractivity contribution in [2.45, 2.75) is 52.4 Å². The summed E-state index contributed by atoms with van der Waals surface area (Å²) in [7, 11) is 1.67. The van der Waals surface area contributed by atoms with Crippen LogP contribution in [0.5, 0.6) is 11.5 Å². The highest BCUT2D eigenvalue weighted by molar-refractivity contribution is 5.79. The Labute approximate surface area is 172 Å². The monoisotopic (exact) mass is 401 g/mol. The number of hydrogen-bond donors (Lipinski definition) is 3. The lowest BCUT2D eigenvalue weighted by atomic mass is 10.0. The molecule has 0 bridgehead atoms. The van der Waals surface area contributed by atoms with Gasteiger partial charge in [-0.05, 0) is 52.0 Å².